The summed E-state index contributed by atoms with van der Waals surface area (Å²) in [5.74, 6) is 0.720. The van der Waals surface area contributed by atoms with Crippen molar-refractivity contribution in [1.82, 2.24) is 4.90 Å². The lowest BCUT2D eigenvalue weighted by molar-refractivity contribution is 0.172. The van der Waals surface area contributed by atoms with Crippen LogP contribution in [0.15, 0.2) is 72.8 Å². The van der Waals surface area contributed by atoms with E-state index in [2.05, 4.69) is 0 Å². The Morgan fingerprint density at radius 3 is 1.93 bits per heavy atom. The second-order valence-corrected chi connectivity index (χ2v) is 6.60. The summed E-state index contributed by atoms with van der Waals surface area (Å²) in [5, 5.41) is 14.0. The van der Waals surface area contributed by atoms with Crippen LogP contribution in [0.25, 0.3) is 32.7 Å². The summed E-state index contributed by atoms with van der Waals surface area (Å²) in [7, 11) is 3.30. The Hall–Kier alpha value is -3.53. The van der Waals surface area contributed by atoms with Gasteiger partial charge >= 0.3 is 6.09 Å². The first kappa shape index (κ1) is 16.9. The molecule has 0 bridgehead atoms. The molecule has 0 saturated heterocycles. The molecular weight excluding hydrogens is 338 g/mol. The zero-order valence-electron chi connectivity index (χ0n) is 15.1. The van der Waals surface area contributed by atoms with Crippen molar-refractivity contribution in [2.24, 2.45) is 0 Å². The molecule has 4 nitrogen and oxygen atoms in total. The van der Waals surface area contributed by atoms with E-state index < -0.39 is 6.09 Å². The Balaban J connectivity index is 2.03. The van der Waals surface area contributed by atoms with Crippen LogP contribution < -0.4 is 4.74 Å². The van der Waals surface area contributed by atoms with Gasteiger partial charge in [0.25, 0.3) is 0 Å². The van der Waals surface area contributed by atoms with E-state index in [4.69, 9.17) is 4.74 Å². The topological polar surface area (TPSA) is 49.8 Å². The normalized spacial score (nSPS) is 10.9. The zero-order valence-corrected chi connectivity index (χ0v) is 15.1. The molecule has 0 atom stereocenters. The third-order valence-electron chi connectivity index (χ3n) is 4.60. The molecule has 0 aliphatic heterocycles. The molecule has 0 aromatic heterocycles. The smallest absolute Gasteiger partial charge is 0.414 e. The van der Waals surface area contributed by atoms with Gasteiger partial charge in [-0.3, -0.25) is 0 Å². The van der Waals surface area contributed by atoms with Gasteiger partial charge in [0.2, 0.25) is 0 Å². The summed E-state index contributed by atoms with van der Waals surface area (Å²) in [6.45, 7) is 0. The van der Waals surface area contributed by atoms with Crippen molar-refractivity contribution in [2.75, 3.05) is 14.1 Å². The van der Waals surface area contributed by atoms with E-state index in [0.717, 1.165) is 32.7 Å². The fourth-order valence-electron chi connectivity index (χ4n) is 3.35. The molecule has 4 heteroatoms. The van der Waals surface area contributed by atoms with Gasteiger partial charge in [-0.05, 0) is 34.0 Å². The highest BCUT2D eigenvalue weighted by molar-refractivity contribution is 6.09. The number of aromatic hydroxyl groups is 1. The van der Waals surface area contributed by atoms with Gasteiger partial charge in [0.05, 0.1) is 0 Å². The minimum absolute atomic E-state index is 0.225. The first-order chi connectivity index (χ1) is 13.1. The van der Waals surface area contributed by atoms with Crippen molar-refractivity contribution in [2.45, 2.75) is 0 Å². The first-order valence-corrected chi connectivity index (χ1v) is 8.68. The van der Waals surface area contributed by atoms with E-state index in [1.165, 1.54) is 4.90 Å². The van der Waals surface area contributed by atoms with Crippen LogP contribution in [0.2, 0.25) is 0 Å². The summed E-state index contributed by atoms with van der Waals surface area (Å²) >= 11 is 0. The van der Waals surface area contributed by atoms with Gasteiger partial charge in [-0.25, -0.2) is 4.79 Å². The highest BCUT2D eigenvalue weighted by atomic mass is 16.6. The number of nitrogens with zero attached hydrogens (tertiary/aromatic N) is 1. The first-order valence-electron chi connectivity index (χ1n) is 8.68. The lowest BCUT2D eigenvalue weighted by atomic mass is 9.93. The molecule has 134 valence electrons. The summed E-state index contributed by atoms with van der Waals surface area (Å²) in [6.07, 6.45) is -0.432. The Bertz CT molecular complexity index is 1150. The maximum absolute atomic E-state index is 12.1. The second kappa shape index (κ2) is 6.65. The summed E-state index contributed by atoms with van der Waals surface area (Å²) in [4.78, 5) is 13.5. The largest absolute Gasteiger partial charge is 0.507 e. The van der Waals surface area contributed by atoms with Gasteiger partial charge in [-0.1, -0.05) is 60.7 Å². The van der Waals surface area contributed by atoms with Crippen LogP contribution in [0, 0.1) is 0 Å². The lowest BCUT2D eigenvalue weighted by Crippen LogP contribution is -2.25. The minimum atomic E-state index is -0.432. The lowest BCUT2D eigenvalue weighted by Gasteiger charge is -2.16. The standard InChI is InChI=1S/C23H19NO3/c1-24(2)23(26)27-20-14-6-10-16-8-4-12-18(22(16)20)17-11-3-7-15-9-5-13-19(25)21(15)17/h3-14,25H,1-2H3. The van der Waals surface area contributed by atoms with E-state index in [0.29, 0.717) is 5.75 Å². The van der Waals surface area contributed by atoms with Gasteiger partial charge < -0.3 is 14.7 Å². The molecule has 0 aliphatic rings. The number of hydrogen-bond donors (Lipinski definition) is 1. The maximum Gasteiger partial charge on any atom is 0.414 e. The van der Waals surface area contributed by atoms with Crippen molar-refractivity contribution in [3.8, 4) is 22.6 Å². The molecule has 4 aromatic carbocycles. The van der Waals surface area contributed by atoms with Gasteiger partial charge in [0.1, 0.15) is 11.5 Å². The summed E-state index contributed by atoms with van der Waals surface area (Å²) < 4.78 is 5.62. The number of rotatable bonds is 2. The van der Waals surface area contributed by atoms with Crippen LogP contribution >= 0.6 is 0 Å². The number of benzene rings is 4. The van der Waals surface area contributed by atoms with Gasteiger partial charge in [-0.15, -0.1) is 0 Å². The average Bonchev–Trinajstić information content (AvgIpc) is 2.67. The molecule has 0 unspecified atom stereocenters. The van der Waals surface area contributed by atoms with Gasteiger partial charge in [-0.2, -0.15) is 0 Å². The molecule has 4 aromatic rings. The number of ether oxygens (including phenoxy) is 1. The van der Waals surface area contributed by atoms with Crippen LogP contribution in [0.5, 0.6) is 11.5 Å². The van der Waals surface area contributed by atoms with E-state index in [1.807, 2.05) is 60.7 Å². The Labute approximate surface area is 157 Å². The van der Waals surface area contributed by atoms with Crippen molar-refractivity contribution in [3.05, 3.63) is 72.8 Å². The van der Waals surface area contributed by atoms with Crippen LogP contribution in [0.1, 0.15) is 0 Å². The monoisotopic (exact) mass is 357 g/mol. The molecule has 4 rings (SSSR count). The molecule has 0 spiro atoms. The molecule has 0 saturated carbocycles. The number of carbonyl (C=O) groups excluding carboxylic acids is 1. The predicted molar refractivity (Wildman–Crippen MR) is 108 cm³/mol. The third kappa shape index (κ3) is 2.95. The van der Waals surface area contributed by atoms with E-state index in [1.54, 1.807) is 26.2 Å². The van der Waals surface area contributed by atoms with Crippen molar-refractivity contribution < 1.29 is 14.6 Å². The third-order valence-corrected chi connectivity index (χ3v) is 4.60. The number of hydrogen-bond acceptors (Lipinski definition) is 3. The van der Waals surface area contributed by atoms with Gasteiger partial charge in [0, 0.05) is 24.9 Å². The second-order valence-electron chi connectivity index (χ2n) is 6.60. The average molecular weight is 357 g/mol. The number of amides is 1. The maximum atomic E-state index is 12.1. The SMILES string of the molecule is CN(C)C(=O)Oc1cccc2cccc(-c3cccc4cccc(O)c34)c12. The number of phenolic OH excluding ortho intramolecular Hbond substituents is 1. The quantitative estimate of drug-likeness (QED) is 0.521. The Morgan fingerprint density at radius 2 is 1.30 bits per heavy atom. The molecule has 1 N–H and O–H groups in total. The molecular formula is C23H19NO3. The van der Waals surface area contributed by atoms with Gasteiger partial charge in [0.15, 0.2) is 0 Å². The van der Waals surface area contributed by atoms with Crippen LogP contribution in [-0.2, 0) is 0 Å². The van der Waals surface area contributed by atoms with E-state index >= 15 is 0 Å². The summed E-state index contributed by atoms with van der Waals surface area (Å²) in [5.41, 5.74) is 1.80. The van der Waals surface area contributed by atoms with Crippen molar-refractivity contribution >= 4 is 27.6 Å². The molecule has 0 aliphatic carbocycles. The molecule has 1 amide bonds. The Kier molecular flexibility index (Phi) is 4.16. The van der Waals surface area contributed by atoms with Crippen molar-refractivity contribution in [3.63, 3.8) is 0 Å². The number of fused-ring (bicyclic) bond motifs is 2. The van der Waals surface area contributed by atoms with Crippen molar-refractivity contribution in [1.29, 1.82) is 0 Å². The fraction of sp³-hybridized carbons (Fsp3) is 0.0870. The molecule has 0 radical (unpaired) electrons. The predicted octanol–water partition coefficient (Wildman–Crippen LogP) is 5.43. The van der Waals surface area contributed by atoms with Crippen LogP contribution in [0.4, 0.5) is 4.79 Å². The number of carbonyl (C=O) groups is 1. The summed E-state index contributed by atoms with van der Waals surface area (Å²) in [6, 6.07) is 23.0. The Morgan fingerprint density at radius 1 is 0.778 bits per heavy atom. The molecule has 0 fully saturated rings. The molecule has 27 heavy (non-hydrogen) atoms. The van der Waals surface area contributed by atoms with E-state index in [9.17, 15) is 9.90 Å². The fourth-order valence-corrected chi connectivity index (χ4v) is 3.35. The van der Waals surface area contributed by atoms with Crippen LogP contribution in [-0.4, -0.2) is 30.2 Å². The zero-order chi connectivity index (χ0) is 19.0. The number of phenols is 1. The van der Waals surface area contributed by atoms with Crippen LogP contribution in [0.3, 0.4) is 0 Å². The highest BCUT2D eigenvalue weighted by Crippen LogP contribution is 2.40. The highest BCUT2D eigenvalue weighted by Gasteiger charge is 2.16. The van der Waals surface area contributed by atoms with E-state index in [-0.39, 0.29) is 5.75 Å². The molecule has 0 heterocycles. The minimum Gasteiger partial charge on any atom is -0.507 e.